The number of allylic oxidation sites excluding steroid dienone is 1. The van der Waals surface area contributed by atoms with Gasteiger partial charge in [0.05, 0.1) is 22.3 Å². The number of nitro benzene ring substituents is 1. The van der Waals surface area contributed by atoms with Gasteiger partial charge in [0.25, 0.3) is 5.69 Å². The van der Waals surface area contributed by atoms with Crippen molar-refractivity contribution in [2.75, 3.05) is 10.6 Å². The maximum absolute atomic E-state index is 13.5. The number of hydrogen-bond acceptors (Lipinski definition) is 5. The third-order valence-corrected chi connectivity index (χ3v) is 6.32. The zero-order valence-corrected chi connectivity index (χ0v) is 17.8. The minimum Gasteiger partial charge on any atom is -0.372 e. The molecular weight excluding hydrogens is 426 g/mol. The molecule has 7 heteroatoms. The molecule has 3 aromatic rings. The van der Waals surface area contributed by atoms with E-state index in [4.69, 9.17) is 11.6 Å². The Morgan fingerprint density at radius 3 is 2.41 bits per heavy atom. The van der Waals surface area contributed by atoms with Crippen LogP contribution in [-0.4, -0.2) is 10.7 Å². The molecule has 5 rings (SSSR count). The Morgan fingerprint density at radius 2 is 1.66 bits per heavy atom. The Morgan fingerprint density at radius 1 is 0.906 bits per heavy atom. The Kier molecular flexibility index (Phi) is 5.15. The average Bonchev–Trinajstić information content (AvgIpc) is 2.96. The number of fused-ring (bicyclic) bond motifs is 1. The number of ketones is 1. The van der Waals surface area contributed by atoms with Gasteiger partial charge < -0.3 is 10.6 Å². The minimum atomic E-state index is -0.486. The van der Waals surface area contributed by atoms with Gasteiger partial charge in [-0.3, -0.25) is 14.9 Å². The predicted molar refractivity (Wildman–Crippen MR) is 125 cm³/mol. The fourth-order valence-corrected chi connectivity index (χ4v) is 4.66. The Balaban J connectivity index is 1.61. The summed E-state index contributed by atoms with van der Waals surface area (Å²) in [7, 11) is 0. The molecule has 0 unspecified atom stereocenters. The van der Waals surface area contributed by atoms with Crippen molar-refractivity contribution in [3.63, 3.8) is 0 Å². The molecule has 0 saturated heterocycles. The number of non-ortho nitro benzene ring substituents is 1. The van der Waals surface area contributed by atoms with Crippen molar-refractivity contribution < 1.29 is 9.72 Å². The second-order valence-corrected chi connectivity index (χ2v) is 8.51. The molecule has 0 bridgehead atoms. The van der Waals surface area contributed by atoms with Crippen molar-refractivity contribution in [3.05, 3.63) is 110 Å². The highest BCUT2D eigenvalue weighted by Gasteiger charge is 2.36. The largest absolute Gasteiger partial charge is 0.372 e. The first-order valence-electron chi connectivity index (χ1n) is 10.4. The Labute approximate surface area is 190 Å². The normalized spacial score (nSPS) is 19.8. The van der Waals surface area contributed by atoms with Crippen LogP contribution in [0.15, 0.2) is 84.1 Å². The summed E-state index contributed by atoms with van der Waals surface area (Å²) in [6.45, 7) is 0. The van der Waals surface area contributed by atoms with Gasteiger partial charge in [-0.1, -0.05) is 48.0 Å². The van der Waals surface area contributed by atoms with Crippen LogP contribution >= 0.6 is 11.6 Å². The second kappa shape index (κ2) is 8.13. The molecule has 1 aliphatic carbocycles. The molecule has 2 atom stereocenters. The predicted octanol–water partition coefficient (Wildman–Crippen LogP) is 6.23. The summed E-state index contributed by atoms with van der Waals surface area (Å²) < 4.78 is 0. The summed E-state index contributed by atoms with van der Waals surface area (Å²) in [5, 5.41) is 18.9. The van der Waals surface area contributed by atoms with Crippen molar-refractivity contribution >= 4 is 34.4 Å². The third kappa shape index (κ3) is 3.74. The van der Waals surface area contributed by atoms with E-state index in [1.165, 1.54) is 12.1 Å². The number of nitrogens with zero attached hydrogens (tertiary/aromatic N) is 1. The van der Waals surface area contributed by atoms with Gasteiger partial charge in [-0.25, -0.2) is 0 Å². The molecule has 2 aliphatic rings. The van der Waals surface area contributed by atoms with Gasteiger partial charge in [-0.05, 0) is 47.7 Å². The maximum Gasteiger partial charge on any atom is 0.269 e. The number of Topliss-reactive ketones (excluding diaryl/α,β-unsaturated/α-hetero) is 1. The molecule has 1 heterocycles. The van der Waals surface area contributed by atoms with Crippen LogP contribution in [0.25, 0.3) is 0 Å². The quantitative estimate of drug-likeness (QED) is 0.369. The second-order valence-electron chi connectivity index (χ2n) is 8.07. The topological polar surface area (TPSA) is 84.3 Å². The molecular formula is C25H20ClN3O3. The monoisotopic (exact) mass is 445 g/mol. The first kappa shape index (κ1) is 20.3. The lowest BCUT2D eigenvalue weighted by Gasteiger charge is -2.30. The van der Waals surface area contributed by atoms with Crippen LogP contribution in [0.2, 0.25) is 5.02 Å². The number of carbonyl (C=O) groups is 1. The van der Waals surface area contributed by atoms with Crippen LogP contribution in [0, 0.1) is 10.1 Å². The highest BCUT2D eigenvalue weighted by Crippen LogP contribution is 2.44. The number of halogens is 1. The van der Waals surface area contributed by atoms with E-state index in [2.05, 4.69) is 10.6 Å². The number of rotatable bonds is 3. The van der Waals surface area contributed by atoms with Crippen molar-refractivity contribution in [3.8, 4) is 0 Å². The zero-order chi connectivity index (χ0) is 22.2. The Hall–Kier alpha value is -3.64. The van der Waals surface area contributed by atoms with Crippen molar-refractivity contribution in [1.82, 2.24) is 0 Å². The van der Waals surface area contributed by atoms with E-state index in [0.29, 0.717) is 29.0 Å². The number of nitrogens with one attached hydrogen (secondary N) is 2. The fourth-order valence-electron chi connectivity index (χ4n) is 4.53. The van der Waals surface area contributed by atoms with E-state index in [1.807, 2.05) is 54.6 Å². The summed E-state index contributed by atoms with van der Waals surface area (Å²) >= 11 is 6.04. The summed E-state index contributed by atoms with van der Waals surface area (Å²) in [6.07, 6.45) is 1.02. The van der Waals surface area contributed by atoms with Crippen molar-refractivity contribution in [2.45, 2.75) is 24.8 Å². The lowest BCUT2D eigenvalue weighted by atomic mass is 9.78. The lowest BCUT2D eigenvalue weighted by molar-refractivity contribution is -0.384. The van der Waals surface area contributed by atoms with E-state index >= 15 is 0 Å². The fraction of sp³-hybridized carbons (Fsp3) is 0.160. The maximum atomic E-state index is 13.5. The molecule has 0 amide bonds. The van der Waals surface area contributed by atoms with Gasteiger partial charge in [0.1, 0.15) is 0 Å². The molecule has 0 saturated carbocycles. The number of hydrogen-bond donors (Lipinski definition) is 2. The number of benzene rings is 3. The van der Waals surface area contributed by atoms with Crippen LogP contribution in [-0.2, 0) is 4.79 Å². The van der Waals surface area contributed by atoms with Crippen molar-refractivity contribution in [1.29, 1.82) is 0 Å². The number of para-hydroxylation sites is 2. The highest BCUT2D eigenvalue weighted by molar-refractivity contribution is 6.30. The first-order valence-corrected chi connectivity index (χ1v) is 10.8. The molecule has 32 heavy (non-hydrogen) atoms. The van der Waals surface area contributed by atoms with Crippen LogP contribution in [0.4, 0.5) is 17.1 Å². The first-order chi connectivity index (χ1) is 15.5. The summed E-state index contributed by atoms with van der Waals surface area (Å²) in [5.41, 5.74) is 4.94. The smallest absolute Gasteiger partial charge is 0.269 e. The van der Waals surface area contributed by atoms with E-state index in [-0.39, 0.29) is 17.4 Å². The van der Waals surface area contributed by atoms with Gasteiger partial charge in [0.15, 0.2) is 5.78 Å². The minimum absolute atomic E-state index is 0.000703. The molecule has 0 spiro atoms. The molecule has 0 radical (unpaired) electrons. The van der Waals surface area contributed by atoms with Crippen LogP contribution in [0.5, 0.6) is 0 Å². The number of anilines is 2. The molecule has 1 aliphatic heterocycles. The molecule has 160 valence electrons. The van der Waals surface area contributed by atoms with Crippen LogP contribution < -0.4 is 10.6 Å². The molecule has 3 aromatic carbocycles. The van der Waals surface area contributed by atoms with Crippen LogP contribution in [0.1, 0.15) is 35.9 Å². The zero-order valence-electron chi connectivity index (χ0n) is 17.0. The highest BCUT2D eigenvalue weighted by atomic mass is 35.5. The van der Waals surface area contributed by atoms with Crippen molar-refractivity contribution in [2.24, 2.45) is 0 Å². The van der Waals surface area contributed by atoms with Gasteiger partial charge in [-0.2, -0.15) is 0 Å². The van der Waals surface area contributed by atoms with Crippen LogP contribution in [0.3, 0.4) is 0 Å². The molecule has 0 fully saturated rings. The van der Waals surface area contributed by atoms with E-state index in [0.717, 1.165) is 22.6 Å². The lowest BCUT2D eigenvalue weighted by Crippen LogP contribution is -2.26. The average molecular weight is 446 g/mol. The third-order valence-electron chi connectivity index (χ3n) is 6.06. The van der Waals surface area contributed by atoms with Gasteiger partial charge in [0.2, 0.25) is 0 Å². The summed E-state index contributed by atoms with van der Waals surface area (Å²) in [6, 6.07) is 21.3. The van der Waals surface area contributed by atoms with E-state index < -0.39 is 11.0 Å². The van der Waals surface area contributed by atoms with Gasteiger partial charge >= 0.3 is 0 Å². The number of nitro groups is 1. The SMILES string of the molecule is O=C1C[C@@H](c2ccc(Cl)cc2)CC2=C1[C@H](c1cccc([N+](=O)[O-])c1)Nc1ccccc1N2. The molecule has 2 N–H and O–H groups in total. The van der Waals surface area contributed by atoms with Gasteiger partial charge in [-0.15, -0.1) is 0 Å². The molecule has 6 nitrogen and oxygen atoms in total. The number of carbonyl (C=O) groups excluding carboxylic acids is 1. The summed E-state index contributed by atoms with van der Waals surface area (Å²) in [4.78, 5) is 24.4. The Bertz CT molecular complexity index is 1250. The van der Waals surface area contributed by atoms with E-state index in [1.54, 1.807) is 6.07 Å². The summed E-state index contributed by atoms with van der Waals surface area (Å²) in [5.74, 6) is 0.0533. The molecule has 0 aromatic heterocycles. The standard InChI is InChI=1S/C25H20ClN3O3/c26-18-10-8-15(9-11-18)17-13-22-24(23(30)14-17)25(16-4-3-5-19(12-16)29(31)32)28-21-7-2-1-6-20(21)27-22/h1-12,17,25,27-28H,13-14H2/t17-,25-/m0/s1. The van der Waals surface area contributed by atoms with E-state index in [9.17, 15) is 14.9 Å². The van der Waals surface area contributed by atoms with Gasteiger partial charge in [0, 0.05) is 34.8 Å².